The maximum absolute atomic E-state index is 13.8. The first kappa shape index (κ1) is 15.7. The van der Waals surface area contributed by atoms with E-state index in [1.165, 1.54) is 24.3 Å². The van der Waals surface area contributed by atoms with Crippen LogP contribution in [-0.2, 0) is 6.42 Å². The van der Waals surface area contributed by atoms with Crippen LogP contribution in [0.15, 0.2) is 36.4 Å². The summed E-state index contributed by atoms with van der Waals surface area (Å²) in [7, 11) is 1.80. The smallest absolute Gasteiger partial charge is 0.126 e. The van der Waals surface area contributed by atoms with Gasteiger partial charge in [0.1, 0.15) is 11.6 Å². The summed E-state index contributed by atoms with van der Waals surface area (Å²) in [5, 5.41) is 3.64. The van der Waals surface area contributed by atoms with Crippen molar-refractivity contribution in [2.45, 2.75) is 12.5 Å². The van der Waals surface area contributed by atoms with Gasteiger partial charge in [0.25, 0.3) is 0 Å². The van der Waals surface area contributed by atoms with Crippen molar-refractivity contribution in [3.63, 3.8) is 0 Å². The van der Waals surface area contributed by atoms with Crippen LogP contribution in [0.2, 0.25) is 5.02 Å². The predicted octanol–water partition coefficient (Wildman–Crippen LogP) is 4.73. The van der Waals surface area contributed by atoms with Gasteiger partial charge in [-0.3, -0.25) is 0 Å². The van der Waals surface area contributed by atoms with Crippen molar-refractivity contribution < 1.29 is 8.78 Å². The molecule has 1 unspecified atom stereocenters. The third-order valence-corrected chi connectivity index (χ3v) is 4.29. The average molecular weight is 408 g/mol. The molecule has 1 nitrogen and oxygen atoms in total. The third kappa shape index (κ3) is 3.68. The largest absolute Gasteiger partial charge is 0.313 e. The fourth-order valence-electron chi connectivity index (χ4n) is 2.07. The molecule has 0 spiro atoms. The summed E-state index contributed by atoms with van der Waals surface area (Å²) in [5.74, 6) is -0.561. The number of rotatable bonds is 4. The summed E-state index contributed by atoms with van der Waals surface area (Å²) in [6.45, 7) is 0. The van der Waals surface area contributed by atoms with E-state index in [0.717, 1.165) is 9.13 Å². The van der Waals surface area contributed by atoms with E-state index in [-0.39, 0.29) is 17.7 Å². The normalized spacial score (nSPS) is 12.4. The van der Waals surface area contributed by atoms with E-state index in [2.05, 4.69) is 27.9 Å². The van der Waals surface area contributed by atoms with Crippen molar-refractivity contribution in [1.29, 1.82) is 0 Å². The molecular formula is C15H13ClF2IN. The third-order valence-electron chi connectivity index (χ3n) is 3.12. The molecule has 20 heavy (non-hydrogen) atoms. The molecule has 0 amide bonds. The van der Waals surface area contributed by atoms with Crippen molar-refractivity contribution in [2.24, 2.45) is 0 Å². The van der Waals surface area contributed by atoms with E-state index < -0.39 is 0 Å². The van der Waals surface area contributed by atoms with E-state index in [9.17, 15) is 8.78 Å². The van der Waals surface area contributed by atoms with Gasteiger partial charge in [-0.1, -0.05) is 17.7 Å². The zero-order chi connectivity index (χ0) is 14.7. The second kappa shape index (κ2) is 6.83. The Balaban J connectivity index is 2.31. The molecule has 0 aliphatic heterocycles. The molecule has 0 aromatic heterocycles. The van der Waals surface area contributed by atoms with Crippen LogP contribution in [0.25, 0.3) is 0 Å². The number of halogens is 4. The molecule has 0 aliphatic rings. The molecule has 0 saturated carbocycles. The SMILES string of the molecule is CNC(Cc1cc(Cl)ccc1F)c1ccc(F)cc1I. The Morgan fingerprint density at radius 2 is 1.95 bits per heavy atom. The van der Waals surface area contributed by atoms with Crippen LogP contribution in [0.5, 0.6) is 0 Å². The van der Waals surface area contributed by atoms with Crippen LogP contribution in [0.4, 0.5) is 8.78 Å². The topological polar surface area (TPSA) is 12.0 Å². The average Bonchev–Trinajstić information content (AvgIpc) is 2.40. The second-order valence-corrected chi connectivity index (χ2v) is 6.05. The minimum absolute atomic E-state index is 0.101. The first-order valence-corrected chi connectivity index (χ1v) is 7.53. The molecule has 1 N–H and O–H groups in total. The van der Waals surface area contributed by atoms with Crippen LogP contribution in [0.1, 0.15) is 17.2 Å². The van der Waals surface area contributed by atoms with Gasteiger partial charge in [0.2, 0.25) is 0 Å². The van der Waals surface area contributed by atoms with Crippen LogP contribution < -0.4 is 5.32 Å². The fourth-order valence-corrected chi connectivity index (χ4v) is 3.12. The molecule has 0 heterocycles. The molecule has 0 radical (unpaired) electrons. The molecule has 0 fully saturated rings. The van der Waals surface area contributed by atoms with Crippen LogP contribution >= 0.6 is 34.2 Å². The Morgan fingerprint density at radius 3 is 2.60 bits per heavy atom. The summed E-state index contributed by atoms with van der Waals surface area (Å²) >= 11 is 7.99. The highest BCUT2D eigenvalue weighted by Crippen LogP contribution is 2.26. The molecule has 0 bridgehead atoms. The summed E-state index contributed by atoms with van der Waals surface area (Å²) in [6.07, 6.45) is 0.449. The van der Waals surface area contributed by atoms with Crippen LogP contribution in [0, 0.1) is 15.2 Å². The molecule has 2 aromatic rings. The molecule has 2 rings (SSSR count). The number of benzene rings is 2. The zero-order valence-corrected chi connectivity index (χ0v) is 13.7. The highest BCUT2D eigenvalue weighted by Gasteiger charge is 2.16. The molecular weight excluding hydrogens is 395 g/mol. The summed E-state index contributed by atoms with van der Waals surface area (Å²) in [4.78, 5) is 0. The Bertz CT molecular complexity index is 619. The Hall–Kier alpha value is -0.720. The molecule has 5 heteroatoms. The van der Waals surface area contributed by atoms with Crippen molar-refractivity contribution in [1.82, 2.24) is 5.32 Å². The van der Waals surface area contributed by atoms with Gasteiger partial charge in [0, 0.05) is 14.6 Å². The van der Waals surface area contributed by atoms with E-state index in [0.29, 0.717) is 17.0 Å². The van der Waals surface area contributed by atoms with Gasteiger partial charge in [-0.15, -0.1) is 0 Å². The maximum atomic E-state index is 13.8. The van der Waals surface area contributed by atoms with Gasteiger partial charge in [0.15, 0.2) is 0 Å². The summed E-state index contributed by atoms with van der Waals surface area (Å²) in [6, 6.07) is 9.01. The molecule has 2 aromatic carbocycles. The number of hydrogen-bond acceptors (Lipinski definition) is 1. The molecule has 0 saturated heterocycles. The summed E-state index contributed by atoms with van der Waals surface area (Å²) in [5.41, 5.74) is 1.48. The minimum Gasteiger partial charge on any atom is -0.313 e. The van der Waals surface area contributed by atoms with Crippen molar-refractivity contribution in [3.8, 4) is 0 Å². The molecule has 1 atom stereocenters. The maximum Gasteiger partial charge on any atom is 0.126 e. The van der Waals surface area contributed by atoms with Gasteiger partial charge < -0.3 is 5.32 Å². The van der Waals surface area contributed by atoms with E-state index in [4.69, 9.17) is 11.6 Å². The van der Waals surface area contributed by atoms with Gasteiger partial charge >= 0.3 is 0 Å². The lowest BCUT2D eigenvalue weighted by atomic mass is 9.98. The van der Waals surface area contributed by atoms with Gasteiger partial charge in [-0.2, -0.15) is 0 Å². The van der Waals surface area contributed by atoms with Crippen LogP contribution in [-0.4, -0.2) is 7.05 Å². The monoisotopic (exact) mass is 407 g/mol. The lowest BCUT2D eigenvalue weighted by molar-refractivity contribution is 0.550. The van der Waals surface area contributed by atoms with Crippen molar-refractivity contribution in [2.75, 3.05) is 7.05 Å². The zero-order valence-electron chi connectivity index (χ0n) is 10.8. The minimum atomic E-state index is -0.285. The van der Waals surface area contributed by atoms with E-state index in [1.54, 1.807) is 19.2 Å². The Kier molecular flexibility index (Phi) is 5.35. The number of nitrogens with one attached hydrogen (secondary N) is 1. The van der Waals surface area contributed by atoms with Crippen molar-refractivity contribution in [3.05, 3.63) is 67.8 Å². The quantitative estimate of drug-likeness (QED) is 0.723. The van der Waals surface area contributed by atoms with Gasteiger partial charge in [-0.25, -0.2) is 8.78 Å². The second-order valence-electron chi connectivity index (χ2n) is 4.45. The number of hydrogen-bond donors (Lipinski definition) is 1. The Labute approximate surface area is 135 Å². The summed E-state index contributed by atoms with van der Waals surface area (Å²) < 4.78 is 27.8. The predicted molar refractivity (Wildman–Crippen MR) is 86.0 cm³/mol. The van der Waals surface area contributed by atoms with E-state index in [1.807, 2.05) is 0 Å². The van der Waals surface area contributed by atoms with Gasteiger partial charge in [-0.05, 0) is 77.5 Å². The standard InChI is InChI=1S/C15H13ClF2IN/c1-20-15(12-4-3-11(17)8-14(12)19)7-9-6-10(16)2-5-13(9)18/h2-6,8,15,20H,7H2,1H3. The lowest BCUT2D eigenvalue weighted by Crippen LogP contribution is -2.20. The highest BCUT2D eigenvalue weighted by atomic mass is 127. The lowest BCUT2D eigenvalue weighted by Gasteiger charge is -2.19. The first-order chi connectivity index (χ1) is 9.51. The highest BCUT2D eigenvalue weighted by molar-refractivity contribution is 14.1. The van der Waals surface area contributed by atoms with E-state index >= 15 is 0 Å². The van der Waals surface area contributed by atoms with Crippen molar-refractivity contribution >= 4 is 34.2 Å². The fraction of sp³-hybridized carbons (Fsp3) is 0.200. The Morgan fingerprint density at radius 1 is 1.20 bits per heavy atom. The first-order valence-electron chi connectivity index (χ1n) is 6.07. The number of likely N-dealkylation sites (N-methyl/N-ethyl adjacent to an activating group) is 1. The molecule has 106 valence electrons. The van der Waals surface area contributed by atoms with Crippen LogP contribution in [0.3, 0.4) is 0 Å². The molecule has 0 aliphatic carbocycles. The van der Waals surface area contributed by atoms with Gasteiger partial charge in [0.05, 0.1) is 0 Å².